The van der Waals surface area contributed by atoms with Gasteiger partial charge in [-0.05, 0) is 69.5 Å². The quantitative estimate of drug-likeness (QED) is 0.172. The molecule has 0 aliphatic rings. The molecule has 0 fully saturated rings. The molecule has 9 nitrogen and oxygen atoms in total. The number of rotatable bonds is 11. The predicted octanol–water partition coefficient (Wildman–Crippen LogP) is 3.46. The normalized spacial score (nSPS) is 10.9. The highest BCUT2D eigenvalue weighted by Gasteiger charge is 2.12. The first-order chi connectivity index (χ1) is 16.7. The molecule has 0 unspecified atom stereocenters. The third-order valence-corrected chi connectivity index (χ3v) is 5.12. The molecule has 0 atom stereocenters. The van der Waals surface area contributed by atoms with Crippen molar-refractivity contribution >= 4 is 45.6 Å². The van der Waals surface area contributed by atoms with Gasteiger partial charge in [0, 0.05) is 28.9 Å². The Labute approximate surface area is 213 Å². The van der Waals surface area contributed by atoms with Crippen LogP contribution in [0.15, 0.2) is 46.0 Å². The van der Waals surface area contributed by atoms with E-state index in [1.54, 1.807) is 18.2 Å². The lowest BCUT2D eigenvalue weighted by Crippen LogP contribution is -2.38. The zero-order chi connectivity index (χ0) is 25.8. The summed E-state index contributed by atoms with van der Waals surface area (Å²) in [5.74, 6) is -1.61. The highest BCUT2D eigenvalue weighted by molar-refractivity contribution is 9.10. The van der Waals surface area contributed by atoms with E-state index in [1.165, 1.54) is 6.21 Å². The van der Waals surface area contributed by atoms with E-state index < -0.39 is 11.8 Å². The van der Waals surface area contributed by atoms with Crippen molar-refractivity contribution in [1.82, 2.24) is 10.7 Å². The van der Waals surface area contributed by atoms with E-state index in [-0.39, 0.29) is 18.6 Å². The Morgan fingerprint density at radius 1 is 1.09 bits per heavy atom. The van der Waals surface area contributed by atoms with Crippen LogP contribution in [0.3, 0.4) is 0 Å². The highest BCUT2D eigenvalue weighted by atomic mass is 79.9. The fraction of sp³-hybridized carbons (Fsp3) is 0.360. The zero-order valence-corrected chi connectivity index (χ0v) is 21.9. The highest BCUT2D eigenvalue weighted by Crippen LogP contribution is 2.22. The van der Waals surface area contributed by atoms with Crippen LogP contribution >= 0.6 is 15.9 Å². The van der Waals surface area contributed by atoms with Gasteiger partial charge in [-0.25, -0.2) is 5.43 Å². The van der Waals surface area contributed by atoms with E-state index in [9.17, 15) is 14.4 Å². The summed E-state index contributed by atoms with van der Waals surface area (Å²) in [5, 5.41) is 9.18. The lowest BCUT2D eigenvalue weighted by molar-refractivity contribution is -0.139. The molecule has 2 aromatic carbocycles. The van der Waals surface area contributed by atoms with Gasteiger partial charge in [-0.1, -0.05) is 28.1 Å². The van der Waals surface area contributed by atoms with Gasteiger partial charge in [0.1, 0.15) is 5.75 Å². The first-order valence-electron chi connectivity index (χ1n) is 11.2. The van der Waals surface area contributed by atoms with E-state index in [1.807, 2.05) is 45.9 Å². The second kappa shape index (κ2) is 14.2. The molecular formula is C25H31BrN4O5. The number of carbonyl (C=O) groups is 3. The van der Waals surface area contributed by atoms with Crippen LogP contribution in [0.2, 0.25) is 0 Å². The number of amides is 3. The predicted molar refractivity (Wildman–Crippen MR) is 139 cm³/mol. The van der Waals surface area contributed by atoms with Crippen molar-refractivity contribution in [3.63, 3.8) is 0 Å². The summed E-state index contributed by atoms with van der Waals surface area (Å²) in [4.78, 5) is 36.2. The number of ether oxygens (including phenoxy) is 2. The van der Waals surface area contributed by atoms with Crippen molar-refractivity contribution in [3.8, 4) is 5.75 Å². The number of hydrogen-bond donors (Lipinski definition) is 3. The average molecular weight is 547 g/mol. The summed E-state index contributed by atoms with van der Waals surface area (Å²) >= 11 is 3.37. The maximum Gasteiger partial charge on any atom is 0.329 e. The Kier molecular flexibility index (Phi) is 11.4. The van der Waals surface area contributed by atoms with Crippen LogP contribution in [0, 0.1) is 13.8 Å². The third kappa shape index (κ3) is 10.3. The van der Waals surface area contributed by atoms with Crippen LogP contribution < -0.4 is 20.8 Å². The Hall–Kier alpha value is -3.24. The van der Waals surface area contributed by atoms with Crippen LogP contribution in [-0.4, -0.2) is 49.8 Å². The molecule has 2 rings (SSSR count). The monoisotopic (exact) mass is 546 g/mol. The van der Waals surface area contributed by atoms with Crippen molar-refractivity contribution in [3.05, 3.63) is 57.6 Å². The fourth-order valence-corrected chi connectivity index (χ4v) is 3.22. The maximum absolute atomic E-state index is 12.4. The molecular weight excluding hydrogens is 516 g/mol. The second-order valence-corrected chi connectivity index (χ2v) is 8.98. The van der Waals surface area contributed by atoms with Crippen LogP contribution in [0.1, 0.15) is 37.0 Å². The number of carbonyl (C=O) groups excluding carboxylic acids is 3. The third-order valence-electron chi connectivity index (χ3n) is 4.63. The number of halogens is 1. The largest absolute Gasteiger partial charge is 0.483 e. The van der Waals surface area contributed by atoms with E-state index in [0.717, 1.165) is 21.3 Å². The first-order valence-corrected chi connectivity index (χ1v) is 12.0. The van der Waals surface area contributed by atoms with Gasteiger partial charge in [0.15, 0.2) is 6.61 Å². The topological polar surface area (TPSA) is 118 Å². The fourth-order valence-electron chi connectivity index (χ4n) is 2.84. The molecule has 188 valence electrons. The maximum atomic E-state index is 12.4. The second-order valence-electron chi connectivity index (χ2n) is 8.07. The molecule has 0 heterocycles. The summed E-state index contributed by atoms with van der Waals surface area (Å²) in [7, 11) is 0. The van der Waals surface area contributed by atoms with Gasteiger partial charge in [-0.2, -0.15) is 5.10 Å². The average Bonchev–Trinajstić information content (AvgIpc) is 2.80. The molecule has 0 spiro atoms. The van der Waals surface area contributed by atoms with E-state index >= 15 is 0 Å². The van der Waals surface area contributed by atoms with Gasteiger partial charge in [-0.15, -0.1) is 0 Å². The Bertz CT molecular complexity index is 1070. The molecule has 0 saturated heterocycles. The van der Waals surface area contributed by atoms with Gasteiger partial charge in [0.2, 0.25) is 0 Å². The van der Waals surface area contributed by atoms with Crippen molar-refractivity contribution in [2.45, 2.75) is 40.2 Å². The standard InChI is InChI=1S/C25H31BrN4O5/c1-16(2)34-11-5-10-27-24(32)25(33)30-28-14-19-13-20(26)8-9-22(19)35-15-23(31)29-21-12-17(3)6-7-18(21)4/h6-9,12-14,16H,5,10-11,15H2,1-4H3,(H,27,32)(H,29,31)(H,30,33)/b28-14-. The number of benzene rings is 2. The molecule has 2 aromatic rings. The molecule has 35 heavy (non-hydrogen) atoms. The van der Waals surface area contributed by atoms with E-state index in [4.69, 9.17) is 9.47 Å². The number of hydrogen-bond acceptors (Lipinski definition) is 6. The van der Waals surface area contributed by atoms with Gasteiger partial charge in [0.05, 0.1) is 12.3 Å². The molecule has 0 aliphatic carbocycles. The summed E-state index contributed by atoms with van der Waals surface area (Å²) in [6.45, 7) is 8.30. The Morgan fingerprint density at radius 3 is 2.60 bits per heavy atom. The van der Waals surface area contributed by atoms with Gasteiger partial charge < -0.3 is 20.1 Å². The smallest absolute Gasteiger partial charge is 0.329 e. The van der Waals surface area contributed by atoms with Gasteiger partial charge in [-0.3, -0.25) is 14.4 Å². The Balaban J connectivity index is 1.88. The molecule has 3 N–H and O–H groups in total. The zero-order valence-electron chi connectivity index (χ0n) is 20.3. The van der Waals surface area contributed by atoms with Crippen molar-refractivity contribution in [1.29, 1.82) is 0 Å². The lowest BCUT2D eigenvalue weighted by Gasteiger charge is -2.12. The number of anilines is 1. The summed E-state index contributed by atoms with van der Waals surface area (Å²) in [6, 6.07) is 10.9. The minimum Gasteiger partial charge on any atom is -0.483 e. The summed E-state index contributed by atoms with van der Waals surface area (Å²) in [6.07, 6.45) is 2.04. The van der Waals surface area contributed by atoms with E-state index in [2.05, 4.69) is 37.1 Å². The van der Waals surface area contributed by atoms with Crippen LogP contribution in [-0.2, 0) is 19.1 Å². The van der Waals surface area contributed by atoms with Crippen molar-refractivity contribution in [2.75, 3.05) is 25.1 Å². The van der Waals surface area contributed by atoms with Crippen molar-refractivity contribution < 1.29 is 23.9 Å². The Morgan fingerprint density at radius 2 is 1.86 bits per heavy atom. The number of nitrogens with one attached hydrogen (secondary N) is 3. The molecule has 10 heteroatoms. The van der Waals surface area contributed by atoms with Crippen molar-refractivity contribution in [2.24, 2.45) is 5.10 Å². The van der Waals surface area contributed by atoms with Crippen LogP contribution in [0.25, 0.3) is 0 Å². The number of aryl methyl sites for hydroxylation is 2. The van der Waals surface area contributed by atoms with Gasteiger partial charge >= 0.3 is 11.8 Å². The molecule has 3 amide bonds. The number of nitrogens with zero attached hydrogens (tertiary/aromatic N) is 1. The van der Waals surface area contributed by atoms with Gasteiger partial charge in [0.25, 0.3) is 5.91 Å². The first kappa shape index (κ1) is 28.0. The molecule has 0 saturated carbocycles. The number of hydrazone groups is 1. The molecule has 0 bridgehead atoms. The molecule has 0 aromatic heterocycles. The van der Waals surface area contributed by atoms with E-state index in [0.29, 0.717) is 30.9 Å². The lowest BCUT2D eigenvalue weighted by atomic mass is 10.1. The summed E-state index contributed by atoms with van der Waals surface area (Å²) in [5.41, 5.74) is 5.40. The SMILES string of the molecule is Cc1ccc(C)c(NC(=O)COc2ccc(Br)cc2/C=N\NC(=O)C(=O)NCCCOC(C)C)c1. The minimum absolute atomic E-state index is 0.113. The molecule has 0 radical (unpaired) electrons. The minimum atomic E-state index is -0.892. The summed E-state index contributed by atoms with van der Waals surface area (Å²) < 4.78 is 11.8. The van der Waals surface area contributed by atoms with Crippen LogP contribution in [0.4, 0.5) is 5.69 Å². The molecule has 0 aliphatic heterocycles. The van der Waals surface area contributed by atoms with Crippen LogP contribution in [0.5, 0.6) is 5.75 Å².